The summed E-state index contributed by atoms with van der Waals surface area (Å²) in [6, 6.07) is 5.49. The van der Waals surface area contributed by atoms with E-state index in [-0.39, 0.29) is 23.3 Å². The Morgan fingerprint density at radius 2 is 1.96 bits per heavy atom. The summed E-state index contributed by atoms with van der Waals surface area (Å²) in [5.41, 5.74) is 0.632. The number of nitrogens with zero attached hydrogens (tertiary/aromatic N) is 3. The summed E-state index contributed by atoms with van der Waals surface area (Å²) in [4.78, 5) is 30.1. The number of hydrogen-bond acceptors (Lipinski definition) is 3. The minimum absolute atomic E-state index is 0.0149. The summed E-state index contributed by atoms with van der Waals surface area (Å²) in [7, 11) is 0. The predicted molar refractivity (Wildman–Crippen MR) is 92.0 cm³/mol. The van der Waals surface area contributed by atoms with Crippen LogP contribution >= 0.6 is 0 Å². The summed E-state index contributed by atoms with van der Waals surface area (Å²) in [6.07, 6.45) is -2.78. The molecule has 4 heterocycles. The zero-order chi connectivity index (χ0) is 19.3. The maximum atomic E-state index is 12.7. The molecule has 2 aliphatic heterocycles. The quantitative estimate of drug-likeness (QED) is 0.768. The molecular weight excluding hydrogens is 359 g/mol. The van der Waals surface area contributed by atoms with Crippen LogP contribution in [0.3, 0.4) is 0 Å². The van der Waals surface area contributed by atoms with Gasteiger partial charge in [-0.1, -0.05) is 0 Å². The van der Waals surface area contributed by atoms with Gasteiger partial charge in [0, 0.05) is 56.0 Å². The molecule has 0 aliphatic carbocycles. The highest BCUT2D eigenvalue weighted by molar-refractivity contribution is 5.73. The Bertz CT molecular complexity index is 950. The minimum Gasteiger partial charge on any atom is -0.342 e. The number of hydrogen-bond donors (Lipinski definition) is 0. The van der Waals surface area contributed by atoms with Crippen LogP contribution in [0.2, 0.25) is 0 Å². The third-order valence-corrected chi connectivity index (χ3v) is 5.39. The van der Waals surface area contributed by atoms with Crippen LogP contribution in [0.15, 0.2) is 35.3 Å². The van der Waals surface area contributed by atoms with Crippen LogP contribution in [0, 0.1) is 5.92 Å². The van der Waals surface area contributed by atoms with Crippen molar-refractivity contribution in [3.8, 4) is 11.3 Å². The molecule has 1 saturated heterocycles. The number of pyridine rings is 2. The fourth-order valence-corrected chi connectivity index (χ4v) is 4.10. The van der Waals surface area contributed by atoms with Gasteiger partial charge in [-0.15, -0.1) is 0 Å². The Hall–Kier alpha value is -2.64. The normalized spacial score (nSPS) is 21.7. The van der Waals surface area contributed by atoms with Gasteiger partial charge in [0.05, 0.1) is 11.3 Å². The topological polar surface area (TPSA) is 55.2 Å². The lowest BCUT2D eigenvalue weighted by Gasteiger charge is -2.42. The first-order valence-corrected chi connectivity index (χ1v) is 8.76. The van der Waals surface area contributed by atoms with Crippen molar-refractivity contribution in [1.82, 2.24) is 14.5 Å². The van der Waals surface area contributed by atoms with Crippen molar-refractivity contribution in [2.75, 3.05) is 13.1 Å². The summed E-state index contributed by atoms with van der Waals surface area (Å²) >= 11 is 0. The number of amides is 1. The van der Waals surface area contributed by atoms with Crippen molar-refractivity contribution < 1.29 is 18.0 Å². The highest BCUT2D eigenvalue weighted by Gasteiger charge is 2.36. The molecular formula is C19H18F3N3O2. The number of piperidine rings is 1. The summed E-state index contributed by atoms with van der Waals surface area (Å²) in [5.74, 6) is 0.303. The highest BCUT2D eigenvalue weighted by Crippen LogP contribution is 2.36. The van der Waals surface area contributed by atoms with Gasteiger partial charge in [-0.3, -0.25) is 14.6 Å². The second-order valence-electron chi connectivity index (χ2n) is 7.27. The van der Waals surface area contributed by atoms with Gasteiger partial charge in [-0.2, -0.15) is 13.2 Å². The number of aromatic nitrogens is 2. The van der Waals surface area contributed by atoms with E-state index in [9.17, 15) is 22.8 Å². The van der Waals surface area contributed by atoms with Crippen LogP contribution in [0.4, 0.5) is 13.2 Å². The van der Waals surface area contributed by atoms with Crippen molar-refractivity contribution in [3.05, 3.63) is 52.1 Å². The van der Waals surface area contributed by atoms with Crippen LogP contribution in [0.25, 0.3) is 11.3 Å². The van der Waals surface area contributed by atoms with Crippen molar-refractivity contribution in [2.45, 2.75) is 32.0 Å². The van der Waals surface area contributed by atoms with Gasteiger partial charge in [0.15, 0.2) is 0 Å². The Morgan fingerprint density at radius 1 is 1.19 bits per heavy atom. The van der Waals surface area contributed by atoms with E-state index < -0.39 is 11.7 Å². The first-order chi connectivity index (χ1) is 12.7. The number of carbonyl (C=O) groups is 1. The van der Waals surface area contributed by atoms with E-state index in [4.69, 9.17) is 0 Å². The summed E-state index contributed by atoms with van der Waals surface area (Å²) in [6.45, 7) is 3.29. The predicted octanol–water partition coefficient (Wildman–Crippen LogP) is 2.89. The molecule has 0 spiro atoms. The van der Waals surface area contributed by atoms with E-state index >= 15 is 0 Å². The molecule has 1 amide bonds. The van der Waals surface area contributed by atoms with Crippen molar-refractivity contribution in [3.63, 3.8) is 0 Å². The number of halogens is 3. The molecule has 2 aromatic heterocycles. The molecule has 0 saturated carbocycles. The fraction of sp³-hybridized carbons (Fsp3) is 0.421. The molecule has 0 aromatic carbocycles. The lowest BCUT2D eigenvalue weighted by atomic mass is 9.82. The molecule has 2 bridgehead atoms. The molecule has 0 radical (unpaired) electrons. The maximum Gasteiger partial charge on any atom is 0.417 e. The smallest absolute Gasteiger partial charge is 0.342 e. The number of rotatable bonds is 1. The lowest BCUT2D eigenvalue weighted by molar-refractivity contribution is -0.137. The molecule has 8 heteroatoms. The van der Waals surface area contributed by atoms with E-state index in [1.807, 2.05) is 6.07 Å². The van der Waals surface area contributed by atoms with Crippen LogP contribution < -0.4 is 5.56 Å². The Kier molecular flexibility index (Phi) is 4.09. The van der Waals surface area contributed by atoms with E-state index in [1.165, 1.54) is 19.1 Å². The van der Waals surface area contributed by atoms with Crippen LogP contribution in [0.5, 0.6) is 0 Å². The molecule has 2 aliphatic rings. The molecule has 0 unspecified atom stereocenters. The van der Waals surface area contributed by atoms with Crippen molar-refractivity contribution in [1.29, 1.82) is 0 Å². The van der Waals surface area contributed by atoms with E-state index in [0.717, 1.165) is 24.4 Å². The second-order valence-corrected chi connectivity index (χ2v) is 7.27. The van der Waals surface area contributed by atoms with Crippen LogP contribution in [-0.4, -0.2) is 33.4 Å². The molecule has 1 fully saturated rings. The monoisotopic (exact) mass is 377 g/mol. The highest BCUT2D eigenvalue weighted by atomic mass is 19.4. The maximum absolute atomic E-state index is 12.7. The Balaban J connectivity index is 1.72. The first kappa shape index (κ1) is 17.8. The average molecular weight is 377 g/mol. The standard InChI is InChI=1S/C19H18F3N3O2/c1-11(26)24-8-12-4-14(10-24)17-5-13(6-18(27)25(17)9-12)16-3-2-15(7-23-16)19(20,21)22/h2-3,5-7,12,14H,4,8-10H2,1H3/t12-,14+/m0/s1. The second kappa shape index (κ2) is 6.21. The Morgan fingerprint density at radius 3 is 2.59 bits per heavy atom. The molecule has 142 valence electrons. The van der Waals surface area contributed by atoms with E-state index in [1.54, 1.807) is 9.47 Å². The average Bonchev–Trinajstić information content (AvgIpc) is 2.61. The van der Waals surface area contributed by atoms with E-state index in [0.29, 0.717) is 30.9 Å². The minimum atomic E-state index is -4.45. The first-order valence-electron chi connectivity index (χ1n) is 8.76. The molecule has 2 aromatic rings. The van der Waals surface area contributed by atoms with Gasteiger partial charge < -0.3 is 9.47 Å². The number of alkyl halides is 3. The number of carbonyl (C=O) groups excluding carboxylic acids is 1. The third-order valence-electron chi connectivity index (χ3n) is 5.39. The fourth-order valence-electron chi connectivity index (χ4n) is 4.10. The lowest BCUT2D eigenvalue weighted by Crippen LogP contribution is -2.48. The van der Waals surface area contributed by atoms with Gasteiger partial charge in [0.1, 0.15) is 0 Å². The van der Waals surface area contributed by atoms with Gasteiger partial charge >= 0.3 is 6.18 Å². The van der Waals surface area contributed by atoms with Crippen LogP contribution in [0.1, 0.15) is 30.5 Å². The van der Waals surface area contributed by atoms with Crippen molar-refractivity contribution >= 4 is 5.91 Å². The molecule has 2 atom stereocenters. The number of fused-ring (bicyclic) bond motifs is 4. The summed E-state index contributed by atoms with van der Waals surface area (Å²) < 4.78 is 39.9. The van der Waals surface area contributed by atoms with Gasteiger partial charge in [0.25, 0.3) is 5.56 Å². The zero-order valence-corrected chi connectivity index (χ0v) is 14.7. The largest absolute Gasteiger partial charge is 0.417 e. The zero-order valence-electron chi connectivity index (χ0n) is 14.7. The van der Waals surface area contributed by atoms with Crippen molar-refractivity contribution in [2.24, 2.45) is 5.92 Å². The van der Waals surface area contributed by atoms with Gasteiger partial charge in [0.2, 0.25) is 5.91 Å². The van der Waals surface area contributed by atoms with Crippen LogP contribution in [-0.2, 0) is 17.5 Å². The SMILES string of the molecule is CC(=O)N1C[C@@H]2C[C@H](C1)c1cc(-c3ccc(C(F)(F)F)cn3)cc(=O)n1C2. The van der Waals surface area contributed by atoms with E-state index in [2.05, 4.69) is 4.98 Å². The summed E-state index contributed by atoms with van der Waals surface area (Å²) in [5, 5.41) is 0. The Labute approximate surface area is 153 Å². The molecule has 27 heavy (non-hydrogen) atoms. The van der Waals surface area contributed by atoms with Gasteiger partial charge in [-0.25, -0.2) is 0 Å². The molecule has 5 nitrogen and oxygen atoms in total. The third kappa shape index (κ3) is 3.24. The molecule has 4 rings (SSSR count). The van der Waals surface area contributed by atoms with Gasteiger partial charge in [-0.05, 0) is 30.5 Å². The molecule has 0 N–H and O–H groups in total. The number of likely N-dealkylation sites (tertiary alicyclic amines) is 1.